The first kappa shape index (κ1) is 16.5. The maximum absolute atomic E-state index is 3.68. The van der Waals surface area contributed by atoms with Gasteiger partial charge in [0, 0.05) is 18.6 Å². The van der Waals surface area contributed by atoms with Crippen molar-refractivity contribution in [2.75, 3.05) is 13.6 Å². The lowest BCUT2D eigenvalue weighted by Crippen LogP contribution is -2.40. The average Bonchev–Trinajstić information content (AvgIpc) is 2.49. The predicted molar refractivity (Wildman–Crippen MR) is 91.7 cm³/mol. The zero-order valence-corrected chi connectivity index (χ0v) is 14.3. The van der Waals surface area contributed by atoms with E-state index in [0.29, 0.717) is 0 Å². The van der Waals surface area contributed by atoms with E-state index < -0.39 is 0 Å². The van der Waals surface area contributed by atoms with Gasteiger partial charge in [-0.2, -0.15) is 0 Å². The molecule has 1 N–H and O–H groups in total. The Bertz CT molecular complexity index is 433. The summed E-state index contributed by atoms with van der Waals surface area (Å²) in [7, 11) is 2.29. The van der Waals surface area contributed by atoms with Crippen LogP contribution >= 0.6 is 0 Å². The minimum atomic E-state index is 0.756. The van der Waals surface area contributed by atoms with Gasteiger partial charge in [-0.25, -0.2) is 0 Å². The van der Waals surface area contributed by atoms with Gasteiger partial charge in [0.15, 0.2) is 0 Å². The molecule has 21 heavy (non-hydrogen) atoms. The molecule has 0 radical (unpaired) electrons. The van der Waals surface area contributed by atoms with Crippen LogP contribution in [0.3, 0.4) is 0 Å². The molecule has 0 spiro atoms. The van der Waals surface area contributed by atoms with Crippen LogP contribution in [0.4, 0.5) is 0 Å². The Morgan fingerprint density at radius 3 is 2.43 bits per heavy atom. The van der Waals surface area contributed by atoms with Crippen molar-refractivity contribution < 1.29 is 0 Å². The van der Waals surface area contributed by atoms with Crippen molar-refractivity contribution >= 4 is 0 Å². The third-order valence-electron chi connectivity index (χ3n) is 5.01. The third kappa shape index (κ3) is 4.82. The molecule has 0 bridgehead atoms. The molecule has 0 amide bonds. The van der Waals surface area contributed by atoms with E-state index in [2.05, 4.69) is 56.2 Å². The van der Waals surface area contributed by atoms with Crippen LogP contribution in [-0.2, 0) is 6.54 Å². The van der Waals surface area contributed by atoms with Gasteiger partial charge < -0.3 is 5.32 Å². The Morgan fingerprint density at radius 1 is 1.10 bits per heavy atom. The fourth-order valence-electron chi connectivity index (χ4n) is 3.39. The van der Waals surface area contributed by atoms with Gasteiger partial charge in [0.1, 0.15) is 0 Å². The molecule has 1 aliphatic carbocycles. The molecule has 1 aromatic rings. The van der Waals surface area contributed by atoms with Gasteiger partial charge >= 0.3 is 0 Å². The topological polar surface area (TPSA) is 15.3 Å². The summed E-state index contributed by atoms with van der Waals surface area (Å²) in [5.74, 6) is 0. The van der Waals surface area contributed by atoms with Crippen molar-refractivity contribution in [3.63, 3.8) is 0 Å². The van der Waals surface area contributed by atoms with E-state index in [1.165, 1.54) is 55.3 Å². The molecule has 1 saturated carbocycles. The van der Waals surface area contributed by atoms with Crippen molar-refractivity contribution in [2.24, 2.45) is 0 Å². The Hall–Kier alpha value is -0.860. The number of hydrogen-bond donors (Lipinski definition) is 1. The van der Waals surface area contributed by atoms with E-state index in [1.807, 2.05) is 0 Å². The number of nitrogens with zero attached hydrogens (tertiary/aromatic N) is 1. The maximum atomic E-state index is 3.68. The number of hydrogen-bond acceptors (Lipinski definition) is 2. The average molecular weight is 288 g/mol. The number of aryl methyl sites for hydroxylation is 2. The Labute approximate surface area is 130 Å². The van der Waals surface area contributed by atoms with Crippen LogP contribution in [0.25, 0.3) is 0 Å². The zero-order chi connectivity index (χ0) is 15.2. The van der Waals surface area contributed by atoms with Crippen LogP contribution < -0.4 is 5.32 Å². The highest BCUT2D eigenvalue weighted by atomic mass is 15.1. The summed E-state index contributed by atoms with van der Waals surface area (Å²) in [6, 6.07) is 8.40. The van der Waals surface area contributed by atoms with Crippen LogP contribution in [-0.4, -0.2) is 30.6 Å². The van der Waals surface area contributed by atoms with Crippen LogP contribution in [0.1, 0.15) is 55.7 Å². The first-order valence-electron chi connectivity index (χ1n) is 8.60. The highest BCUT2D eigenvalue weighted by molar-refractivity contribution is 5.29. The molecule has 118 valence electrons. The van der Waals surface area contributed by atoms with Gasteiger partial charge in [0.25, 0.3) is 0 Å². The maximum Gasteiger partial charge on any atom is 0.0233 e. The van der Waals surface area contributed by atoms with Gasteiger partial charge in [0.05, 0.1) is 0 Å². The molecule has 0 atom stereocenters. The second kappa shape index (κ2) is 7.95. The summed E-state index contributed by atoms with van der Waals surface area (Å²) < 4.78 is 0. The van der Waals surface area contributed by atoms with E-state index >= 15 is 0 Å². The van der Waals surface area contributed by atoms with Gasteiger partial charge in [0.2, 0.25) is 0 Å². The highest BCUT2D eigenvalue weighted by Crippen LogP contribution is 2.24. The van der Waals surface area contributed by atoms with Crippen LogP contribution in [0.2, 0.25) is 0 Å². The first-order valence-corrected chi connectivity index (χ1v) is 8.60. The van der Waals surface area contributed by atoms with Crippen LogP contribution in [0.5, 0.6) is 0 Å². The van der Waals surface area contributed by atoms with E-state index in [4.69, 9.17) is 0 Å². The Morgan fingerprint density at radius 2 is 1.81 bits per heavy atom. The lowest BCUT2D eigenvalue weighted by atomic mass is 9.90. The largest absolute Gasteiger partial charge is 0.314 e. The fourth-order valence-corrected chi connectivity index (χ4v) is 3.39. The number of benzene rings is 1. The predicted octanol–water partition coefficient (Wildman–Crippen LogP) is 4.05. The van der Waals surface area contributed by atoms with Crippen LogP contribution in [0, 0.1) is 13.8 Å². The lowest BCUT2D eigenvalue weighted by Gasteiger charge is -2.35. The molecule has 0 unspecified atom stereocenters. The normalized spacial score (nSPS) is 22.7. The zero-order valence-electron chi connectivity index (χ0n) is 14.3. The van der Waals surface area contributed by atoms with E-state index in [9.17, 15) is 0 Å². The third-order valence-corrected chi connectivity index (χ3v) is 5.01. The van der Waals surface area contributed by atoms with Gasteiger partial charge in [-0.3, -0.25) is 4.90 Å². The molecule has 2 rings (SSSR count). The van der Waals surface area contributed by atoms with Crippen molar-refractivity contribution in [1.82, 2.24) is 10.2 Å². The first-order chi connectivity index (χ1) is 10.1. The number of rotatable bonds is 6. The van der Waals surface area contributed by atoms with Gasteiger partial charge in [-0.15, -0.1) is 0 Å². The van der Waals surface area contributed by atoms with E-state index in [1.54, 1.807) is 0 Å². The molecule has 1 aliphatic rings. The van der Waals surface area contributed by atoms with E-state index in [0.717, 1.165) is 18.6 Å². The summed E-state index contributed by atoms with van der Waals surface area (Å²) in [4.78, 5) is 2.56. The second-order valence-electron chi connectivity index (χ2n) is 6.79. The van der Waals surface area contributed by atoms with Crippen molar-refractivity contribution in [3.8, 4) is 0 Å². The smallest absolute Gasteiger partial charge is 0.0233 e. The molecule has 2 heteroatoms. The monoisotopic (exact) mass is 288 g/mol. The van der Waals surface area contributed by atoms with Crippen molar-refractivity contribution in [1.29, 1.82) is 0 Å². The molecule has 0 aromatic heterocycles. The Balaban J connectivity index is 1.81. The summed E-state index contributed by atoms with van der Waals surface area (Å²) in [6.07, 6.45) is 6.59. The van der Waals surface area contributed by atoms with Gasteiger partial charge in [-0.05, 0) is 76.2 Å². The molecule has 1 fully saturated rings. The molecule has 0 heterocycles. The SMILES string of the molecule is CCCNC1CCC(N(C)Cc2ccc(C)c(C)c2)CC1. The fraction of sp³-hybridized carbons (Fsp3) is 0.684. The minimum Gasteiger partial charge on any atom is -0.314 e. The standard InChI is InChI=1S/C19H32N2/c1-5-12-20-18-8-10-19(11-9-18)21(4)14-17-7-6-15(2)16(3)13-17/h6-7,13,18-20H,5,8-12,14H2,1-4H3. The van der Waals surface area contributed by atoms with Crippen molar-refractivity contribution in [2.45, 2.75) is 71.5 Å². The van der Waals surface area contributed by atoms with Crippen molar-refractivity contribution in [3.05, 3.63) is 34.9 Å². The molecular formula is C19H32N2. The molecule has 2 nitrogen and oxygen atoms in total. The lowest BCUT2D eigenvalue weighted by molar-refractivity contribution is 0.168. The summed E-state index contributed by atoms with van der Waals surface area (Å²) in [5.41, 5.74) is 4.25. The molecule has 0 aliphatic heterocycles. The minimum absolute atomic E-state index is 0.756. The Kier molecular flexibility index (Phi) is 6.25. The van der Waals surface area contributed by atoms with Gasteiger partial charge in [-0.1, -0.05) is 25.1 Å². The molecule has 1 aromatic carbocycles. The summed E-state index contributed by atoms with van der Waals surface area (Å²) in [5, 5.41) is 3.68. The summed E-state index contributed by atoms with van der Waals surface area (Å²) in [6.45, 7) is 8.90. The highest BCUT2D eigenvalue weighted by Gasteiger charge is 2.23. The quantitative estimate of drug-likeness (QED) is 0.849. The van der Waals surface area contributed by atoms with Crippen LogP contribution in [0.15, 0.2) is 18.2 Å². The summed E-state index contributed by atoms with van der Waals surface area (Å²) >= 11 is 0. The van der Waals surface area contributed by atoms with E-state index in [-0.39, 0.29) is 0 Å². The molecular weight excluding hydrogens is 256 g/mol. The molecule has 0 saturated heterocycles. The second-order valence-corrected chi connectivity index (χ2v) is 6.79. The number of nitrogens with one attached hydrogen (secondary N) is 1.